The van der Waals surface area contributed by atoms with Gasteiger partial charge in [0.1, 0.15) is 6.07 Å². The minimum atomic E-state index is -4.49. The third kappa shape index (κ3) is 4.45. The summed E-state index contributed by atoms with van der Waals surface area (Å²) in [5.74, 6) is 4.32. The molecule has 0 aliphatic carbocycles. The number of amides is 1. The van der Waals surface area contributed by atoms with Crippen molar-refractivity contribution >= 4 is 33.9 Å². The van der Waals surface area contributed by atoms with E-state index in [-0.39, 0.29) is 16.9 Å². The molecule has 1 amide bonds. The van der Waals surface area contributed by atoms with Crippen LogP contribution in [0.2, 0.25) is 0 Å². The molecule has 3 aromatic rings. The van der Waals surface area contributed by atoms with Gasteiger partial charge in [-0.05, 0) is 49.2 Å². The van der Waals surface area contributed by atoms with Crippen LogP contribution in [0, 0.1) is 23.2 Å². The van der Waals surface area contributed by atoms with E-state index in [0.29, 0.717) is 16.6 Å². The molecule has 0 fully saturated rings. The molecule has 0 radical (unpaired) electrons. The number of carbonyl (C=O) groups excluding carboxylic acids is 1. The zero-order valence-electron chi connectivity index (χ0n) is 15.1. The van der Waals surface area contributed by atoms with E-state index in [4.69, 9.17) is 0 Å². The number of fused-ring (bicyclic) bond motifs is 1. The minimum Gasteiger partial charge on any atom is -0.354 e. The van der Waals surface area contributed by atoms with Crippen LogP contribution in [0.4, 0.5) is 30.2 Å². The average molecular weight is 394 g/mol. The van der Waals surface area contributed by atoms with Crippen LogP contribution in [0.15, 0.2) is 48.7 Å². The van der Waals surface area contributed by atoms with Crippen molar-refractivity contribution in [1.29, 1.82) is 5.26 Å². The topological polar surface area (TPSA) is 77.8 Å². The Bertz CT molecular complexity index is 1200. The highest BCUT2D eigenvalue weighted by Crippen LogP contribution is 2.34. The fraction of sp³-hybridized carbons (Fsp3) is 0.0952. The number of aromatic nitrogens is 1. The van der Waals surface area contributed by atoms with Gasteiger partial charge in [0.25, 0.3) is 5.91 Å². The molecule has 3 rings (SSSR count). The summed E-state index contributed by atoms with van der Waals surface area (Å²) < 4.78 is 39.0. The molecule has 8 heteroatoms. The number of nitriles is 1. The van der Waals surface area contributed by atoms with E-state index in [0.717, 1.165) is 12.1 Å². The number of nitrogens with one attached hydrogen (secondary N) is 2. The third-order valence-corrected chi connectivity index (χ3v) is 3.94. The van der Waals surface area contributed by atoms with Gasteiger partial charge in [0.2, 0.25) is 0 Å². The molecule has 1 aromatic heterocycles. The molecule has 0 bridgehead atoms. The molecule has 0 atom stereocenters. The maximum Gasteiger partial charge on any atom is 0.416 e. The number of hydrogen-bond acceptors (Lipinski definition) is 4. The van der Waals surface area contributed by atoms with Crippen molar-refractivity contribution in [3.05, 3.63) is 59.8 Å². The first-order valence-corrected chi connectivity index (χ1v) is 8.32. The van der Waals surface area contributed by atoms with E-state index in [9.17, 15) is 23.2 Å². The van der Waals surface area contributed by atoms with E-state index in [2.05, 4.69) is 27.5 Å². The number of hydrogen-bond donors (Lipinski definition) is 2. The van der Waals surface area contributed by atoms with Gasteiger partial charge in [-0.3, -0.25) is 9.78 Å². The fourth-order valence-electron chi connectivity index (χ4n) is 2.68. The highest BCUT2D eigenvalue weighted by molar-refractivity contribution is 6.06. The van der Waals surface area contributed by atoms with E-state index in [1.165, 1.54) is 25.3 Å². The van der Waals surface area contributed by atoms with Gasteiger partial charge in [-0.25, -0.2) is 0 Å². The standard InChI is InChI=1S/C21H13F3N4O/c1-2-4-19(29)27-16-7-8-18-17(10-16)20(13(11-25)12-26-18)28-15-6-3-5-14(9-15)21(22,23)24/h3,5-10,12H,1H3,(H,26,28)(H,27,29). The Labute approximate surface area is 164 Å². The summed E-state index contributed by atoms with van der Waals surface area (Å²) in [5.41, 5.74) is 0.689. The van der Waals surface area contributed by atoms with Gasteiger partial charge < -0.3 is 10.6 Å². The first-order chi connectivity index (χ1) is 13.8. The van der Waals surface area contributed by atoms with Gasteiger partial charge in [0.05, 0.1) is 22.3 Å². The summed E-state index contributed by atoms with van der Waals surface area (Å²) in [6.45, 7) is 1.53. The maximum absolute atomic E-state index is 13.0. The van der Waals surface area contributed by atoms with Crippen molar-refractivity contribution in [2.75, 3.05) is 10.6 Å². The zero-order valence-corrected chi connectivity index (χ0v) is 15.1. The third-order valence-electron chi connectivity index (χ3n) is 3.94. The summed E-state index contributed by atoms with van der Waals surface area (Å²) in [4.78, 5) is 15.9. The van der Waals surface area contributed by atoms with E-state index in [1.807, 2.05) is 6.07 Å². The predicted octanol–water partition coefficient (Wildman–Crippen LogP) is 4.83. The van der Waals surface area contributed by atoms with Crippen LogP contribution in [0.1, 0.15) is 18.1 Å². The molecule has 5 nitrogen and oxygen atoms in total. The van der Waals surface area contributed by atoms with Crippen molar-refractivity contribution in [3.63, 3.8) is 0 Å². The van der Waals surface area contributed by atoms with Gasteiger partial charge in [0.15, 0.2) is 0 Å². The van der Waals surface area contributed by atoms with Gasteiger partial charge in [0, 0.05) is 23.0 Å². The molecule has 2 aromatic carbocycles. The van der Waals surface area contributed by atoms with Crippen LogP contribution >= 0.6 is 0 Å². The summed E-state index contributed by atoms with van der Waals surface area (Å²) in [6.07, 6.45) is -3.16. The van der Waals surface area contributed by atoms with E-state index < -0.39 is 17.6 Å². The van der Waals surface area contributed by atoms with Gasteiger partial charge in [-0.1, -0.05) is 12.0 Å². The van der Waals surface area contributed by atoms with Gasteiger partial charge in [-0.2, -0.15) is 18.4 Å². The monoisotopic (exact) mass is 394 g/mol. The Hall–Kier alpha value is -4.04. The number of alkyl halides is 3. The lowest BCUT2D eigenvalue weighted by Gasteiger charge is -2.14. The first-order valence-electron chi connectivity index (χ1n) is 8.32. The van der Waals surface area contributed by atoms with Gasteiger partial charge >= 0.3 is 6.18 Å². The van der Waals surface area contributed by atoms with Crippen LogP contribution in [-0.2, 0) is 11.0 Å². The van der Waals surface area contributed by atoms with E-state index in [1.54, 1.807) is 18.2 Å². The lowest BCUT2D eigenvalue weighted by atomic mass is 10.1. The second kappa shape index (κ2) is 7.91. The lowest BCUT2D eigenvalue weighted by Crippen LogP contribution is -2.08. The van der Waals surface area contributed by atoms with Crippen LogP contribution in [0.5, 0.6) is 0 Å². The van der Waals surface area contributed by atoms with Crippen LogP contribution in [0.25, 0.3) is 10.9 Å². The molecular weight excluding hydrogens is 381 g/mol. The maximum atomic E-state index is 13.0. The molecule has 29 heavy (non-hydrogen) atoms. The van der Waals surface area contributed by atoms with Crippen LogP contribution < -0.4 is 10.6 Å². The van der Waals surface area contributed by atoms with Crippen molar-refractivity contribution in [2.24, 2.45) is 0 Å². The number of pyridine rings is 1. The number of rotatable bonds is 3. The first kappa shape index (κ1) is 19.7. The van der Waals surface area contributed by atoms with Crippen LogP contribution in [0.3, 0.4) is 0 Å². The van der Waals surface area contributed by atoms with Crippen molar-refractivity contribution in [3.8, 4) is 17.9 Å². The predicted molar refractivity (Wildman–Crippen MR) is 103 cm³/mol. The van der Waals surface area contributed by atoms with Crippen LogP contribution in [-0.4, -0.2) is 10.9 Å². The average Bonchev–Trinajstić information content (AvgIpc) is 2.68. The van der Waals surface area contributed by atoms with Gasteiger partial charge in [-0.15, -0.1) is 0 Å². The lowest BCUT2D eigenvalue weighted by molar-refractivity contribution is -0.137. The summed E-state index contributed by atoms with van der Waals surface area (Å²) in [7, 11) is 0. The largest absolute Gasteiger partial charge is 0.416 e. The summed E-state index contributed by atoms with van der Waals surface area (Å²) in [6, 6.07) is 11.5. The number of carbonyl (C=O) groups is 1. The fourth-order valence-corrected chi connectivity index (χ4v) is 2.68. The smallest absolute Gasteiger partial charge is 0.354 e. The summed E-state index contributed by atoms with van der Waals surface area (Å²) in [5, 5.41) is 15.4. The number of benzene rings is 2. The van der Waals surface area contributed by atoms with E-state index >= 15 is 0 Å². The molecule has 0 aliphatic rings. The number of nitrogens with zero attached hydrogens (tertiary/aromatic N) is 2. The second-order valence-electron chi connectivity index (χ2n) is 5.92. The highest BCUT2D eigenvalue weighted by Gasteiger charge is 2.30. The molecule has 0 saturated carbocycles. The van der Waals surface area contributed by atoms with Crippen molar-refractivity contribution < 1.29 is 18.0 Å². The van der Waals surface area contributed by atoms with Crippen molar-refractivity contribution in [1.82, 2.24) is 4.98 Å². The normalized spacial score (nSPS) is 10.6. The quantitative estimate of drug-likeness (QED) is 0.624. The molecule has 0 spiro atoms. The zero-order chi connectivity index (χ0) is 21.0. The molecule has 1 heterocycles. The second-order valence-corrected chi connectivity index (χ2v) is 5.92. The molecule has 0 unspecified atom stereocenters. The molecular formula is C21H13F3N4O. The highest BCUT2D eigenvalue weighted by atomic mass is 19.4. The molecule has 144 valence electrons. The summed E-state index contributed by atoms with van der Waals surface area (Å²) >= 11 is 0. The molecule has 0 aliphatic heterocycles. The Morgan fingerprint density at radius 1 is 1.14 bits per heavy atom. The minimum absolute atomic E-state index is 0.145. The molecule has 2 N–H and O–H groups in total. The Morgan fingerprint density at radius 3 is 2.62 bits per heavy atom. The SMILES string of the molecule is CC#CC(=O)Nc1ccc2ncc(C#N)c(Nc3cccc(C(F)(F)F)c3)c2c1. The Balaban J connectivity index is 2.09. The molecule has 0 saturated heterocycles. The van der Waals surface area contributed by atoms with Crippen molar-refractivity contribution in [2.45, 2.75) is 13.1 Å². The Kier molecular flexibility index (Phi) is 5.38. The Morgan fingerprint density at radius 2 is 1.93 bits per heavy atom. The number of anilines is 3. The number of halogens is 3.